The Hall–Kier alpha value is -1.85. The monoisotopic (exact) mass is 345 g/mol. The van der Waals surface area contributed by atoms with Crippen molar-refractivity contribution in [2.24, 2.45) is 0 Å². The maximum Gasteiger partial charge on any atom is 0.243 e. The van der Waals surface area contributed by atoms with Crippen molar-refractivity contribution >= 4 is 10.0 Å². The van der Waals surface area contributed by atoms with Crippen LogP contribution in [0.15, 0.2) is 53.4 Å². The Morgan fingerprint density at radius 1 is 0.875 bits per heavy atom. The van der Waals surface area contributed by atoms with E-state index in [0.717, 1.165) is 11.3 Å². The summed E-state index contributed by atoms with van der Waals surface area (Å²) in [5.41, 5.74) is 2.25. The van der Waals surface area contributed by atoms with Gasteiger partial charge in [0.2, 0.25) is 10.0 Å². The van der Waals surface area contributed by atoms with Crippen molar-refractivity contribution in [2.45, 2.75) is 37.7 Å². The number of ether oxygens (including phenoxy) is 1. The standard InChI is InChI=1S/C19H23NO3S/c1-15-3-7-17(8-4-15)23-18-11-13-20(14-12-18)24(21,22)19-9-5-16(2)6-10-19/h3-10,18H,11-14H2,1-2H3. The summed E-state index contributed by atoms with van der Waals surface area (Å²) in [6, 6.07) is 15.0. The van der Waals surface area contributed by atoms with E-state index in [0.29, 0.717) is 30.8 Å². The number of nitrogens with zero attached hydrogens (tertiary/aromatic N) is 1. The first-order chi connectivity index (χ1) is 11.4. The lowest BCUT2D eigenvalue weighted by atomic mass is 10.1. The summed E-state index contributed by atoms with van der Waals surface area (Å²) in [7, 11) is -3.40. The van der Waals surface area contributed by atoms with Gasteiger partial charge in [0.05, 0.1) is 4.90 Å². The predicted molar refractivity (Wildman–Crippen MR) is 94.8 cm³/mol. The molecular formula is C19H23NO3S. The summed E-state index contributed by atoms with van der Waals surface area (Å²) in [5.74, 6) is 0.848. The molecule has 24 heavy (non-hydrogen) atoms. The molecule has 1 aliphatic rings. The highest BCUT2D eigenvalue weighted by molar-refractivity contribution is 7.89. The van der Waals surface area contributed by atoms with Crippen molar-refractivity contribution in [3.63, 3.8) is 0 Å². The van der Waals surface area contributed by atoms with Gasteiger partial charge in [0.25, 0.3) is 0 Å². The molecule has 0 atom stereocenters. The fourth-order valence-corrected chi connectivity index (χ4v) is 4.33. The number of aryl methyl sites for hydroxylation is 2. The Bertz CT molecular complexity index is 774. The zero-order valence-electron chi connectivity index (χ0n) is 14.1. The van der Waals surface area contributed by atoms with Crippen molar-refractivity contribution in [2.75, 3.05) is 13.1 Å². The normalized spacial score (nSPS) is 16.9. The number of sulfonamides is 1. The van der Waals surface area contributed by atoms with E-state index in [9.17, 15) is 8.42 Å². The molecule has 0 aromatic heterocycles. The molecule has 0 amide bonds. The first-order valence-electron chi connectivity index (χ1n) is 8.25. The van der Waals surface area contributed by atoms with E-state index in [-0.39, 0.29) is 6.10 Å². The average molecular weight is 345 g/mol. The van der Waals surface area contributed by atoms with Gasteiger partial charge in [0, 0.05) is 13.1 Å². The molecular weight excluding hydrogens is 322 g/mol. The van der Waals surface area contributed by atoms with E-state index in [4.69, 9.17) is 4.74 Å². The fourth-order valence-electron chi connectivity index (χ4n) is 2.86. The number of hydrogen-bond acceptors (Lipinski definition) is 3. The van der Waals surface area contributed by atoms with Crippen molar-refractivity contribution in [1.29, 1.82) is 0 Å². The van der Waals surface area contributed by atoms with Crippen molar-refractivity contribution in [3.05, 3.63) is 59.7 Å². The summed E-state index contributed by atoms with van der Waals surface area (Å²) < 4.78 is 32.9. The Labute approximate surface area is 144 Å². The molecule has 4 nitrogen and oxygen atoms in total. The molecule has 5 heteroatoms. The summed E-state index contributed by atoms with van der Waals surface area (Å²) in [6.45, 7) is 4.97. The summed E-state index contributed by atoms with van der Waals surface area (Å²) in [4.78, 5) is 0.367. The summed E-state index contributed by atoms with van der Waals surface area (Å²) in [5, 5.41) is 0. The van der Waals surface area contributed by atoms with Crippen molar-refractivity contribution < 1.29 is 13.2 Å². The van der Waals surface area contributed by atoms with E-state index >= 15 is 0 Å². The molecule has 0 N–H and O–H groups in total. The molecule has 2 aromatic rings. The van der Waals surface area contributed by atoms with Crippen molar-refractivity contribution in [1.82, 2.24) is 4.31 Å². The summed E-state index contributed by atoms with van der Waals surface area (Å²) >= 11 is 0. The molecule has 0 bridgehead atoms. The van der Waals surface area contributed by atoms with Gasteiger partial charge in [-0.2, -0.15) is 4.31 Å². The van der Waals surface area contributed by atoms with Crippen LogP contribution in [0.3, 0.4) is 0 Å². The van der Waals surface area contributed by atoms with E-state index in [2.05, 4.69) is 0 Å². The number of benzene rings is 2. The zero-order chi connectivity index (χ0) is 17.2. The molecule has 1 saturated heterocycles. The Kier molecular flexibility index (Phi) is 4.92. The Balaban J connectivity index is 1.62. The van der Waals surface area contributed by atoms with Gasteiger partial charge in [-0.1, -0.05) is 35.4 Å². The third-order valence-electron chi connectivity index (χ3n) is 4.38. The topological polar surface area (TPSA) is 46.6 Å². The Morgan fingerprint density at radius 2 is 1.38 bits per heavy atom. The third-order valence-corrected chi connectivity index (χ3v) is 6.30. The van der Waals surface area contributed by atoms with Crippen LogP contribution in [0.5, 0.6) is 5.75 Å². The van der Waals surface area contributed by atoms with Crippen LogP contribution in [-0.4, -0.2) is 31.9 Å². The van der Waals surface area contributed by atoms with Gasteiger partial charge < -0.3 is 4.74 Å². The second kappa shape index (κ2) is 6.95. The van der Waals surface area contributed by atoms with Gasteiger partial charge >= 0.3 is 0 Å². The average Bonchev–Trinajstić information content (AvgIpc) is 2.58. The van der Waals surface area contributed by atoms with Crippen LogP contribution >= 0.6 is 0 Å². The maximum atomic E-state index is 12.7. The van der Waals surface area contributed by atoms with Crippen LogP contribution in [0, 0.1) is 13.8 Å². The smallest absolute Gasteiger partial charge is 0.243 e. The van der Waals surface area contributed by atoms with Gasteiger partial charge in [0.1, 0.15) is 11.9 Å². The predicted octanol–water partition coefficient (Wildman–Crippen LogP) is 3.54. The molecule has 1 aliphatic heterocycles. The molecule has 1 heterocycles. The van der Waals surface area contributed by atoms with Crippen molar-refractivity contribution in [3.8, 4) is 5.75 Å². The van der Waals surface area contributed by atoms with E-state index < -0.39 is 10.0 Å². The number of piperidine rings is 1. The molecule has 128 valence electrons. The van der Waals surface area contributed by atoms with Gasteiger partial charge in [-0.15, -0.1) is 0 Å². The Morgan fingerprint density at radius 3 is 1.92 bits per heavy atom. The second-order valence-electron chi connectivity index (χ2n) is 6.35. The van der Waals surface area contributed by atoms with Crippen LogP contribution in [0.4, 0.5) is 0 Å². The number of hydrogen-bond donors (Lipinski definition) is 0. The minimum absolute atomic E-state index is 0.0668. The molecule has 0 radical (unpaired) electrons. The molecule has 3 rings (SSSR count). The van der Waals surface area contributed by atoms with Crippen LogP contribution in [0.25, 0.3) is 0 Å². The number of rotatable bonds is 4. The van der Waals surface area contributed by atoms with Crippen LogP contribution < -0.4 is 4.74 Å². The SMILES string of the molecule is Cc1ccc(OC2CCN(S(=O)(=O)c3ccc(C)cc3)CC2)cc1. The molecule has 0 unspecified atom stereocenters. The minimum Gasteiger partial charge on any atom is -0.490 e. The van der Waals surface area contributed by atoms with Crippen LogP contribution in [-0.2, 0) is 10.0 Å². The highest BCUT2D eigenvalue weighted by atomic mass is 32.2. The summed E-state index contributed by atoms with van der Waals surface area (Å²) in [6.07, 6.45) is 1.48. The van der Waals surface area contributed by atoms with E-state index in [1.807, 2.05) is 50.2 Å². The van der Waals surface area contributed by atoms with Gasteiger partial charge in [-0.3, -0.25) is 0 Å². The molecule has 1 fully saturated rings. The molecule has 0 saturated carbocycles. The zero-order valence-corrected chi connectivity index (χ0v) is 14.9. The second-order valence-corrected chi connectivity index (χ2v) is 8.29. The highest BCUT2D eigenvalue weighted by Gasteiger charge is 2.30. The third kappa shape index (κ3) is 3.79. The lowest BCUT2D eigenvalue weighted by Gasteiger charge is -2.31. The van der Waals surface area contributed by atoms with E-state index in [1.54, 1.807) is 16.4 Å². The first-order valence-corrected chi connectivity index (χ1v) is 9.69. The van der Waals surface area contributed by atoms with Gasteiger partial charge in [0.15, 0.2) is 0 Å². The largest absolute Gasteiger partial charge is 0.490 e. The first kappa shape index (κ1) is 17.0. The minimum atomic E-state index is -3.40. The quantitative estimate of drug-likeness (QED) is 0.851. The highest BCUT2D eigenvalue weighted by Crippen LogP contribution is 2.24. The molecule has 2 aromatic carbocycles. The van der Waals surface area contributed by atoms with Gasteiger partial charge in [-0.05, 0) is 51.0 Å². The fraction of sp³-hybridized carbons (Fsp3) is 0.368. The van der Waals surface area contributed by atoms with Crippen LogP contribution in [0.1, 0.15) is 24.0 Å². The van der Waals surface area contributed by atoms with Gasteiger partial charge in [-0.25, -0.2) is 8.42 Å². The molecule has 0 aliphatic carbocycles. The lowest BCUT2D eigenvalue weighted by molar-refractivity contribution is 0.135. The molecule has 0 spiro atoms. The van der Waals surface area contributed by atoms with E-state index in [1.165, 1.54) is 5.56 Å². The van der Waals surface area contributed by atoms with Crippen LogP contribution in [0.2, 0.25) is 0 Å². The lowest BCUT2D eigenvalue weighted by Crippen LogP contribution is -2.41. The maximum absolute atomic E-state index is 12.7.